The average molecular weight is 760 g/mol. The number of ether oxygens (including phenoxy) is 2. The van der Waals surface area contributed by atoms with Gasteiger partial charge in [-0.3, -0.25) is 4.79 Å². The summed E-state index contributed by atoms with van der Waals surface area (Å²) in [6.45, 7) is 27.2. The summed E-state index contributed by atoms with van der Waals surface area (Å²) in [5.41, 5.74) is 4.80. The van der Waals surface area contributed by atoms with Crippen LogP contribution in [0.5, 0.6) is 5.75 Å². The first-order chi connectivity index (χ1) is 25.0. The van der Waals surface area contributed by atoms with E-state index in [2.05, 4.69) is 116 Å². The summed E-state index contributed by atoms with van der Waals surface area (Å²) in [4.78, 5) is 26.3. The smallest absolute Gasteiger partial charge is 0.404 e. The van der Waals surface area contributed by atoms with Crippen molar-refractivity contribution in [2.24, 2.45) is 0 Å². The van der Waals surface area contributed by atoms with Gasteiger partial charge < -0.3 is 34.6 Å². The van der Waals surface area contributed by atoms with Gasteiger partial charge in [0.05, 0.1) is 22.8 Å². The summed E-state index contributed by atoms with van der Waals surface area (Å²) < 4.78 is 18.9. The number of carbonyl (C=O) groups is 1. The molecule has 0 unspecified atom stereocenters. The number of hydrogen-bond acceptors (Lipinski definition) is 6. The second-order valence-electron chi connectivity index (χ2n) is 17.5. The fourth-order valence-corrected chi connectivity index (χ4v) is 7.29. The molecule has 4 aromatic rings. The normalized spacial score (nSPS) is 13.5. The highest BCUT2D eigenvalue weighted by molar-refractivity contribution is 6.74. The molecule has 0 aliphatic heterocycles. The third kappa shape index (κ3) is 15.0. The van der Waals surface area contributed by atoms with Gasteiger partial charge in [-0.1, -0.05) is 81.4 Å². The summed E-state index contributed by atoms with van der Waals surface area (Å²) >= 11 is 0. The van der Waals surface area contributed by atoms with Crippen LogP contribution in [-0.4, -0.2) is 54.8 Å². The number of hydrogen-bond donors (Lipinski definition) is 4. The van der Waals surface area contributed by atoms with E-state index < -0.39 is 14.4 Å². The van der Waals surface area contributed by atoms with Crippen molar-refractivity contribution < 1.29 is 23.8 Å². The summed E-state index contributed by atoms with van der Waals surface area (Å²) in [7, 11) is -2.19. The van der Waals surface area contributed by atoms with E-state index in [1.165, 1.54) is 5.56 Å². The minimum absolute atomic E-state index is 0.00958. The van der Waals surface area contributed by atoms with Crippen molar-refractivity contribution in [2.45, 2.75) is 130 Å². The molecule has 0 radical (unpaired) electrons. The Hall–Kier alpha value is -3.96. The Kier molecular flexibility index (Phi) is 15.7. The largest absolute Gasteiger partial charge is 0.487 e. The van der Waals surface area contributed by atoms with E-state index in [0.29, 0.717) is 37.4 Å². The van der Waals surface area contributed by atoms with Gasteiger partial charge in [0, 0.05) is 30.6 Å². The molecule has 3 aromatic carbocycles. The van der Waals surface area contributed by atoms with Crippen LogP contribution in [0.2, 0.25) is 18.1 Å². The van der Waals surface area contributed by atoms with Gasteiger partial charge >= 0.3 is 6.09 Å². The molecule has 296 valence electrons. The average Bonchev–Trinajstić information content (AvgIpc) is 3.04. The quantitative estimate of drug-likeness (QED) is 0.0945. The third-order valence-electron chi connectivity index (χ3n) is 9.20. The van der Waals surface area contributed by atoms with Gasteiger partial charge in [-0.05, 0) is 114 Å². The fourth-order valence-electron chi connectivity index (χ4n) is 6.01. The van der Waals surface area contributed by atoms with Crippen LogP contribution in [-0.2, 0) is 28.6 Å². The molecule has 9 nitrogen and oxygen atoms in total. The molecule has 0 bridgehead atoms. The van der Waals surface area contributed by atoms with E-state index >= 15 is 0 Å². The van der Waals surface area contributed by atoms with Crippen molar-refractivity contribution in [3.05, 3.63) is 111 Å². The molecule has 4 N–H and O–H groups in total. The van der Waals surface area contributed by atoms with Crippen molar-refractivity contribution in [1.82, 2.24) is 15.6 Å². The molecule has 1 amide bonds. The van der Waals surface area contributed by atoms with E-state index in [9.17, 15) is 9.59 Å². The van der Waals surface area contributed by atoms with Gasteiger partial charge in [-0.25, -0.2) is 4.79 Å². The lowest BCUT2D eigenvalue weighted by molar-refractivity contribution is -0.102. The maximum absolute atomic E-state index is 12.5. The van der Waals surface area contributed by atoms with E-state index in [4.69, 9.17) is 19.0 Å². The van der Waals surface area contributed by atoms with E-state index in [-0.39, 0.29) is 33.9 Å². The Morgan fingerprint density at radius 3 is 2.06 bits per heavy atom. The lowest BCUT2D eigenvalue weighted by Gasteiger charge is -2.40. The van der Waals surface area contributed by atoms with Crippen LogP contribution in [0.3, 0.4) is 0 Å². The molecule has 0 fully saturated rings. The number of pyridine rings is 1. The van der Waals surface area contributed by atoms with Gasteiger partial charge in [-0.15, -0.1) is 0 Å². The number of aromatic amines is 1. The number of H-pyrrole nitrogens is 1. The van der Waals surface area contributed by atoms with Crippen LogP contribution < -0.4 is 20.9 Å². The van der Waals surface area contributed by atoms with Crippen molar-refractivity contribution in [3.8, 4) is 5.75 Å². The molecular weight excluding hydrogens is 695 g/mol. The first kappa shape index (κ1) is 44.4. The summed E-state index contributed by atoms with van der Waals surface area (Å²) in [6.07, 6.45) is 0.197. The summed E-state index contributed by atoms with van der Waals surface area (Å²) in [6, 6.07) is 25.9. The molecule has 54 heavy (non-hydrogen) atoms. The van der Waals surface area contributed by atoms with Gasteiger partial charge in [-0.2, -0.15) is 0 Å². The molecule has 0 spiro atoms. The minimum Gasteiger partial charge on any atom is -0.487 e. The monoisotopic (exact) mass is 759 g/mol. The second kappa shape index (κ2) is 19.1. The number of benzene rings is 3. The highest BCUT2D eigenvalue weighted by Gasteiger charge is 2.40. The molecule has 0 saturated carbocycles. The predicted octanol–water partition coefficient (Wildman–Crippen LogP) is 9.80. The second-order valence-corrected chi connectivity index (χ2v) is 22.3. The van der Waals surface area contributed by atoms with Crippen molar-refractivity contribution in [3.63, 3.8) is 0 Å². The van der Waals surface area contributed by atoms with E-state index in [1.54, 1.807) is 6.07 Å². The Balaban J connectivity index is 0.000000772. The molecular formula is C44H65N3O6Si. The van der Waals surface area contributed by atoms with Gasteiger partial charge in [0.15, 0.2) is 8.32 Å². The van der Waals surface area contributed by atoms with E-state index in [0.717, 1.165) is 28.5 Å². The van der Waals surface area contributed by atoms with Crippen molar-refractivity contribution in [2.75, 3.05) is 13.1 Å². The van der Waals surface area contributed by atoms with Crippen LogP contribution in [0.25, 0.3) is 10.9 Å². The molecule has 10 heteroatoms. The molecule has 2 atom stereocenters. The zero-order valence-corrected chi connectivity index (χ0v) is 35.7. The standard InChI is InChI=1S/C36H47N3O5Si.C8H18O/c1-25(21-28-14-10-13-26(22-28)19-20-37-35(41)42)38-23-32(44-45(5,6)36(2,3)4)29-15-17-31(34-30(29)16-18-33(40)39-34)43-24-27-11-8-7-9-12-27;1-7(2,3)9-8(4,5)6/h7-18,22,25,32,37-38H,19-21,23-24H2,1-6H3,(H,39,40)(H,41,42);1-6H3/t25-,32+;/m1./s1. The first-order valence-corrected chi connectivity index (χ1v) is 21.9. The highest BCUT2D eigenvalue weighted by atomic mass is 28.4. The predicted molar refractivity (Wildman–Crippen MR) is 224 cm³/mol. The molecule has 0 saturated heterocycles. The molecule has 1 aromatic heterocycles. The topological polar surface area (TPSA) is 122 Å². The lowest BCUT2D eigenvalue weighted by Crippen LogP contribution is -2.44. The number of amides is 1. The molecule has 4 rings (SSSR count). The maximum atomic E-state index is 12.5. The lowest BCUT2D eigenvalue weighted by atomic mass is 10.0. The van der Waals surface area contributed by atoms with Crippen molar-refractivity contribution >= 4 is 25.3 Å². The van der Waals surface area contributed by atoms with Crippen LogP contribution >= 0.6 is 0 Å². The molecule has 1 heterocycles. The van der Waals surface area contributed by atoms with Gasteiger partial charge in [0.25, 0.3) is 0 Å². The number of aromatic nitrogens is 1. The van der Waals surface area contributed by atoms with Crippen LogP contribution in [0, 0.1) is 0 Å². The summed E-state index contributed by atoms with van der Waals surface area (Å²) in [5.74, 6) is 0.626. The van der Waals surface area contributed by atoms with Gasteiger partial charge in [0.2, 0.25) is 5.56 Å². The number of nitrogens with one attached hydrogen (secondary N) is 3. The minimum atomic E-state index is -2.19. The van der Waals surface area contributed by atoms with Crippen LogP contribution in [0.4, 0.5) is 4.79 Å². The number of rotatable bonds is 14. The van der Waals surface area contributed by atoms with Crippen LogP contribution in [0.1, 0.15) is 97.6 Å². The first-order valence-electron chi connectivity index (χ1n) is 19.0. The fraction of sp³-hybridized carbons (Fsp3) is 0.500. The highest BCUT2D eigenvalue weighted by Crippen LogP contribution is 2.41. The Labute approximate surface area is 324 Å². The zero-order valence-electron chi connectivity index (χ0n) is 34.7. The Morgan fingerprint density at radius 1 is 0.833 bits per heavy atom. The number of carboxylic acid groups (broad SMARTS) is 1. The maximum Gasteiger partial charge on any atom is 0.404 e. The molecule has 0 aliphatic rings. The Bertz CT molecular complexity index is 1830. The molecule has 0 aliphatic carbocycles. The number of fused-ring (bicyclic) bond motifs is 1. The van der Waals surface area contributed by atoms with Gasteiger partial charge in [0.1, 0.15) is 12.4 Å². The third-order valence-corrected chi connectivity index (χ3v) is 13.7. The summed E-state index contributed by atoms with van der Waals surface area (Å²) in [5, 5.41) is 15.9. The zero-order chi connectivity index (χ0) is 40.3. The van der Waals surface area contributed by atoms with E-state index in [1.807, 2.05) is 54.6 Å². The Morgan fingerprint density at radius 2 is 1.46 bits per heavy atom. The van der Waals surface area contributed by atoms with Crippen molar-refractivity contribution in [1.29, 1.82) is 0 Å². The van der Waals surface area contributed by atoms with Crippen LogP contribution in [0.15, 0.2) is 83.7 Å². The SMILES string of the molecule is CC(C)(C)OC(C)(C)C.C[C@H](Cc1cccc(CCNC(=O)O)c1)NC[C@H](O[Si](C)(C)C(C)(C)C)c1ccc(OCc2ccccc2)c2[nH]c(=O)ccc12.